The van der Waals surface area contributed by atoms with Crippen LogP contribution in [0.5, 0.6) is 23.0 Å². The Morgan fingerprint density at radius 1 is 0.947 bits per heavy atom. The lowest BCUT2D eigenvalue weighted by molar-refractivity contribution is 0.362. The molecule has 1 aromatic carbocycles. The van der Waals surface area contributed by atoms with E-state index in [1.54, 1.807) is 0 Å². The van der Waals surface area contributed by atoms with E-state index in [1.165, 1.54) is 24.3 Å². The first kappa shape index (κ1) is 12.6. The molecule has 0 radical (unpaired) electrons. The van der Waals surface area contributed by atoms with Gasteiger partial charge in [0.05, 0.1) is 0 Å². The molecule has 0 aliphatic rings. The molecular weight excluding hydrogens is 252 g/mol. The summed E-state index contributed by atoms with van der Waals surface area (Å²) in [5.74, 6) is -1.67. The molecule has 4 N–H and O–H groups in total. The molecule has 1 heterocycles. The summed E-state index contributed by atoms with van der Waals surface area (Å²) in [6.45, 7) is 0. The van der Waals surface area contributed by atoms with Crippen LogP contribution in [-0.2, 0) is 0 Å². The van der Waals surface area contributed by atoms with Crippen molar-refractivity contribution in [2.75, 3.05) is 0 Å². The minimum absolute atomic E-state index is 0.00720. The van der Waals surface area contributed by atoms with Crippen LogP contribution in [-0.4, -0.2) is 20.4 Å². The first-order valence-electron chi connectivity index (χ1n) is 5.23. The second kappa shape index (κ2) is 4.77. The van der Waals surface area contributed by atoms with Crippen molar-refractivity contribution < 1.29 is 24.8 Å². The van der Waals surface area contributed by atoms with E-state index in [2.05, 4.69) is 0 Å². The maximum atomic E-state index is 11.1. The molecule has 0 bridgehead atoms. The van der Waals surface area contributed by atoms with Crippen LogP contribution in [0.2, 0.25) is 0 Å². The second-order valence-corrected chi connectivity index (χ2v) is 3.75. The van der Waals surface area contributed by atoms with Crippen molar-refractivity contribution >= 4 is 12.2 Å². The molecule has 0 atom stereocenters. The SMILES string of the molecule is O=c1oc(/C=C/c2ccc(O)cc2O)cc(O)c1O. The third kappa shape index (κ3) is 2.68. The van der Waals surface area contributed by atoms with Gasteiger partial charge in [0.15, 0.2) is 5.75 Å². The molecule has 0 amide bonds. The van der Waals surface area contributed by atoms with Crippen LogP contribution in [0.25, 0.3) is 12.2 Å². The van der Waals surface area contributed by atoms with Crippen LogP contribution in [0.1, 0.15) is 11.3 Å². The molecular formula is C13H10O6. The van der Waals surface area contributed by atoms with Crippen molar-refractivity contribution in [3.8, 4) is 23.0 Å². The molecule has 2 rings (SSSR count). The molecule has 0 saturated carbocycles. The van der Waals surface area contributed by atoms with Crippen molar-refractivity contribution in [2.45, 2.75) is 0 Å². The fourth-order valence-electron chi connectivity index (χ4n) is 1.42. The highest BCUT2D eigenvalue weighted by Crippen LogP contribution is 2.25. The fraction of sp³-hybridized carbons (Fsp3) is 0. The monoisotopic (exact) mass is 262 g/mol. The van der Waals surface area contributed by atoms with Gasteiger partial charge in [-0.2, -0.15) is 0 Å². The van der Waals surface area contributed by atoms with Crippen LogP contribution in [0.15, 0.2) is 33.5 Å². The molecule has 0 aliphatic heterocycles. The maximum absolute atomic E-state index is 11.1. The predicted molar refractivity (Wildman–Crippen MR) is 67.0 cm³/mol. The minimum Gasteiger partial charge on any atom is -0.508 e. The zero-order valence-corrected chi connectivity index (χ0v) is 9.57. The van der Waals surface area contributed by atoms with Gasteiger partial charge >= 0.3 is 5.63 Å². The summed E-state index contributed by atoms with van der Waals surface area (Å²) in [5.41, 5.74) is -0.678. The van der Waals surface area contributed by atoms with Gasteiger partial charge in [0.1, 0.15) is 17.3 Å². The highest BCUT2D eigenvalue weighted by molar-refractivity contribution is 5.71. The zero-order valence-electron chi connectivity index (χ0n) is 9.57. The standard InChI is InChI=1S/C13H10O6/c14-8-3-1-7(10(15)5-8)2-4-9-6-11(16)12(17)13(18)19-9/h1-6,14-17H/b4-2+. The largest absolute Gasteiger partial charge is 0.508 e. The quantitative estimate of drug-likeness (QED) is 0.654. The summed E-state index contributed by atoms with van der Waals surface area (Å²) in [6.07, 6.45) is 2.75. The normalized spacial score (nSPS) is 10.9. The smallest absolute Gasteiger partial charge is 0.382 e. The van der Waals surface area contributed by atoms with Gasteiger partial charge in [0, 0.05) is 17.7 Å². The Hall–Kier alpha value is -2.89. The van der Waals surface area contributed by atoms with Gasteiger partial charge in [-0.05, 0) is 24.3 Å². The zero-order chi connectivity index (χ0) is 14.0. The summed E-state index contributed by atoms with van der Waals surface area (Å²) >= 11 is 0. The van der Waals surface area contributed by atoms with E-state index in [4.69, 9.17) is 14.6 Å². The highest BCUT2D eigenvalue weighted by atomic mass is 16.4. The first-order valence-corrected chi connectivity index (χ1v) is 5.23. The number of phenolic OH excluding ortho intramolecular Hbond substituents is 2. The Bertz CT molecular complexity index is 699. The fourth-order valence-corrected chi connectivity index (χ4v) is 1.42. The van der Waals surface area contributed by atoms with E-state index in [0.717, 1.165) is 12.1 Å². The number of rotatable bonds is 2. The Kier molecular flexibility index (Phi) is 3.15. The Morgan fingerprint density at radius 2 is 1.68 bits per heavy atom. The molecule has 19 heavy (non-hydrogen) atoms. The third-order valence-electron chi connectivity index (χ3n) is 2.37. The van der Waals surface area contributed by atoms with Gasteiger partial charge in [-0.3, -0.25) is 0 Å². The van der Waals surface area contributed by atoms with E-state index >= 15 is 0 Å². The van der Waals surface area contributed by atoms with Crippen molar-refractivity contribution in [1.82, 2.24) is 0 Å². The molecule has 6 nitrogen and oxygen atoms in total. The first-order chi connectivity index (χ1) is 8.97. The molecule has 0 spiro atoms. The number of hydrogen-bond acceptors (Lipinski definition) is 6. The lowest BCUT2D eigenvalue weighted by Gasteiger charge is -2.00. The summed E-state index contributed by atoms with van der Waals surface area (Å²) < 4.78 is 4.69. The summed E-state index contributed by atoms with van der Waals surface area (Å²) in [5, 5.41) is 36.9. The molecule has 1 aromatic heterocycles. The lowest BCUT2D eigenvalue weighted by Crippen LogP contribution is -1.98. The third-order valence-corrected chi connectivity index (χ3v) is 2.37. The van der Waals surface area contributed by atoms with Crippen molar-refractivity contribution in [1.29, 1.82) is 0 Å². The highest BCUT2D eigenvalue weighted by Gasteiger charge is 2.07. The van der Waals surface area contributed by atoms with Gasteiger partial charge in [-0.1, -0.05) is 0 Å². The average Bonchev–Trinajstić information content (AvgIpc) is 2.34. The molecule has 0 aliphatic carbocycles. The Balaban J connectivity index is 2.35. The molecule has 0 unspecified atom stereocenters. The van der Waals surface area contributed by atoms with Gasteiger partial charge in [0.25, 0.3) is 0 Å². The number of benzene rings is 1. The van der Waals surface area contributed by atoms with Crippen LogP contribution in [0, 0.1) is 0 Å². The van der Waals surface area contributed by atoms with Crippen LogP contribution in [0.4, 0.5) is 0 Å². The van der Waals surface area contributed by atoms with Gasteiger partial charge in [0.2, 0.25) is 5.75 Å². The van der Waals surface area contributed by atoms with E-state index in [9.17, 15) is 15.0 Å². The summed E-state index contributed by atoms with van der Waals surface area (Å²) in [4.78, 5) is 11.1. The van der Waals surface area contributed by atoms with E-state index in [0.29, 0.717) is 5.56 Å². The number of phenols is 2. The molecule has 0 fully saturated rings. The number of aromatic hydroxyl groups is 4. The van der Waals surface area contributed by atoms with E-state index in [-0.39, 0.29) is 17.3 Å². The second-order valence-electron chi connectivity index (χ2n) is 3.75. The van der Waals surface area contributed by atoms with Gasteiger partial charge in [-0.25, -0.2) is 4.79 Å². The lowest BCUT2D eigenvalue weighted by atomic mass is 10.1. The average molecular weight is 262 g/mol. The summed E-state index contributed by atoms with van der Waals surface area (Å²) in [7, 11) is 0. The van der Waals surface area contributed by atoms with Gasteiger partial charge < -0.3 is 24.8 Å². The van der Waals surface area contributed by atoms with Crippen LogP contribution >= 0.6 is 0 Å². The van der Waals surface area contributed by atoms with E-state index < -0.39 is 17.1 Å². The maximum Gasteiger partial charge on any atom is 0.382 e. The van der Waals surface area contributed by atoms with Crippen LogP contribution < -0.4 is 5.63 Å². The van der Waals surface area contributed by atoms with Gasteiger partial charge in [-0.15, -0.1) is 0 Å². The molecule has 6 heteroatoms. The molecule has 0 saturated heterocycles. The van der Waals surface area contributed by atoms with Crippen molar-refractivity contribution in [3.05, 3.63) is 46.0 Å². The predicted octanol–water partition coefficient (Wildman–Crippen LogP) is 1.63. The Morgan fingerprint density at radius 3 is 2.32 bits per heavy atom. The molecule has 2 aromatic rings. The Labute approximate surface area is 107 Å². The topological polar surface area (TPSA) is 111 Å². The van der Waals surface area contributed by atoms with E-state index in [1.807, 2.05) is 0 Å². The molecule has 98 valence electrons. The number of hydrogen-bond donors (Lipinski definition) is 4. The van der Waals surface area contributed by atoms with Crippen molar-refractivity contribution in [2.24, 2.45) is 0 Å². The summed E-state index contributed by atoms with van der Waals surface area (Å²) in [6, 6.07) is 5.05. The van der Waals surface area contributed by atoms with Crippen molar-refractivity contribution in [3.63, 3.8) is 0 Å². The van der Waals surface area contributed by atoms with Crippen LogP contribution in [0.3, 0.4) is 0 Å². The minimum atomic E-state index is -1.06.